The van der Waals surface area contributed by atoms with E-state index < -0.39 is 55.4 Å². The van der Waals surface area contributed by atoms with Gasteiger partial charge in [-0.3, -0.25) is 9.59 Å². The van der Waals surface area contributed by atoms with Gasteiger partial charge in [0.05, 0.1) is 13.2 Å². The highest BCUT2D eigenvalue weighted by atomic mass is 16.7. The van der Waals surface area contributed by atoms with Gasteiger partial charge in [0.15, 0.2) is 12.4 Å². The molecule has 0 amide bonds. The first kappa shape index (κ1) is 50.9. The van der Waals surface area contributed by atoms with Crippen LogP contribution in [0.1, 0.15) is 181 Å². The second kappa shape index (κ2) is 36.3. The fraction of sp³-hybridized carbons (Fsp3) is 0.822. The maximum Gasteiger partial charge on any atom is 0.306 e. The van der Waals surface area contributed by atoms with Crippen LogP contribution in [0.4, 0.5) is 0 Å². The number of allylic oxidation sites excluding steroid dienone is 6. The highest BCUT2D eigenvalue weighted by Crippen LogP contribution is 2.22. The molecule has 6 atom stereocenters. The van der Waals surface area contributed by atoms with Gasteiger partial charge in [-0.15, -0.1) is 0 Å². The zero-order valence-corrected chi connectivity index (χ0v) is 34.7. The average Bonchev–Trinajstić information content (AvgIpc) is 3.18. The minimum Gasteiger partial charge on any atom is -0.462 e. The Balaban J connectivity index is 2.39. The molecular weight excluding hydrogens is 700 g/mol. The second-order valence-corrected chi connectivity index (χ2v) is 15.1. The van der Waals surface area contributed by atoms with E-state index in [1.807, 2.05) is 6.08 Å². The van der Waals surface area contributed by atoms with Crippen molar-refractivity contribution in [3.63, 3.8) is 0 Å². The van der Waals surface area contributed by atoms with Crippen LogP contribution in [0, 0.1) is 0 Å². The molecule has 0 aromatic heterocycles. The number of aliphatic hydroxyl groups is 4. The third-order valence-electron chi connectivity index (χ3n) is 10.0. The van der Waals surface area contributed by atoms with E-state index in [2.05, 4.69) is 44.2 Å². The molecule has 1 fully saturated rings. The lowest BCUT2D eigenvalue weighted by Crippen LogP contribution is -2.59. The maximum absolute atomic E-state index is 12.7. The van der Waals surface area contributed by atoms with E-state index >= 15 is 0 Å². The number of carbonyl (C=O) groups is 2. The molecule has 1 aliphatic rings. The Bertz CT molecular complexity index is 996. The van der Waals surface area contributed by atoms with Crippen LogP contribution in [0.2, 0.25) is 0 Å². The molecule has 10 heteroatoms. The summed E-state index contributed by atoms with van der Waals surface area (Å²) in [4.78, 5) is 25.2. The topological polar surface area (TPSA) is 152 Å². The number of ether oxygens (including phenoxy) is 4. The smallest absolute Gasteiger partial charge is 0.306 e. The van der Waals surface area contributed by atoms with E-state index in [0.29, 0.717) is 12.8 Å². The number of hydrogen-bond acceptors (Lipinski definition) is 10. The Labute approximate surface area is 334 Å². The summed E-state index contributed by atoms with van der Waals surface area (Å²) in [6, 6.07) is 0. The molecule has 0 aliphatic carbocycles. The first-order valence-corrected chi connectivity index (χ1v) is 22.1. The first-order valence-electron chi connectivity index (χ1n) is 22.1. The molecule has 4 N–H and O–H groups in total. The lowest BCUT2D eigenvalue weighted by Gasteiger charge is -2.39. The van der Waals surface area contributed by atoms with Gasteiger partial charge in [0.1, 0.15) is 31.0 Å². The number of aliphatic hydroxyl groups excluding tert-OH is 4. The zero-order valence-electron chi connectivity index (χ0n) is 34.7. The largest absolute Gasteiger partial charge is 0.462 e. The Morgan fingerprint density at radius 1 is 0.564 bits per heavy atom. The number of esters is 2. The van der Waals surface area contributed by atoms with Crippen LogP contribution in [0.5, 0.6) is 0 Å². The quantitative estimate of drug-likeness (QED) is 0.0275. The standard InChI is InChI=1S/C45H80O10/c1-3-5-7-9-11-13-15-17-19-21-23-25-27-29-31-33-40(47)52-36-38(37-53-45-44(51)43(50)42(49)39(35-46)55-45)54-41(48)34-32-30-28-26-24-22-20-18-16-14-12-10-8-6-4-2/h18,20,24,26-27,29,38-39,42-46,49-51H,3-17,19,21-23,25,28,30-37H2,1-2H3/b20-18+,26-24+,29-27+/t38-,39-,42+,43?,44?,45-/m0/s1. The summed E-state index contributed by atoms with van der Waals surface area (Å²) in [6.07, 6.45) is 33.1. The summed E-state index contributed by atoms with van der Waals surface area (Å²) in [7, 11) is 0. The molecule has 1 aliphatic heterocycles. The molecule has 0 saturated carbocycles. The van der Waals surface area contributed by atoms with Crippen molar-refractivity contribution in [3.8, 4) is 0 Å². The molecule has 320 valence electrons. The highest BCUT2D eigenvalue weighted by molar-refractivity contribution is 5.70. The van der Waals surface area contributed by atoms with Gasteiger partial charge >= 0.3 is 11.9 Å². The summed E-state index contributed by atoms with van der Waals surface area (Å²) in [6.45, 7) is 3.34. The molecule has 0 aromatic rings. The normalized spacial score (nSPS) is 20.9. The Hall–Kier alpha value is -2.08. The fourth-order valence-corrected chi connectivity index (χ4v) is 6.47. The molecule has 10 nitrogen and oxygen atoms in total. The predicted molar refractivity (Wildman–Crippen MR) is 219 cm³/mol. The number of unbranched alkanes of at least 4 members (excludes halogenated alkanes) is 19. The summed E-state index contributed by atoms with van der Waals surface area (Å²) >= 11 is 0. The molecule has 1 rings (SSSR count). The van der Waals surface area contributed by atoms with E-state index in [1.165, 1.54) is 103 Å². The van der Waals surface area contributed by atoms with Crippen LogP contribution >= 0.6 is 0 Å². The second-order valence-electron chi connectivity index (χ2n) is 15.1. The number of hydrogen-bond donors (Lipinski definition) is 4. The minimum absolute atomic E-state index is 0.181. The molecule has 55 heavy (non-hydrogen) atoms. The van der Waals surface area contributed by atoms with Gasteiger partial charge in [-0.05, 0) is 57.8 Å². The summed E-state index contributed by atoms with van der Waals surface area (Å²) in [5.74, 6) is -0.900. The zero-order chi connectivity index (χ0) is 40.2. The first-order chi connectivity index (χ1) is 26.8. The predicted octanol–water partition coefficient (Wildman–Crippen LogP) is 9.11. The Kier molecular flexibility index (Phi) is 33.6. The third-order valence-corrected chi connectivity index (χ3v) is 10.0. The van der Waals surface area contributed by atoms with E-state index in [4.69, 9.17) is 18.9 Å². The van der Waals surface area contributed by atoms with Gasteiger partial charge in [-0.2, -0.15) is 0 Å². The van der Waals surface area contributed by atoms with E-state index in [1.54, 1.807) is 0 Å². The van der Waals surface area contributed by atoms with E-state index in [0.717, 1.165) is 38.5 Å². The van der Waals surface area contributed by atoms with Crippen LogP contribution in [0.3, 0.4) is 0 Å². The Morgan fingerprint density at radius 3 is 1.60 bits per heavy atom. The molecule has 1 saturated heterocycles. The van der Waals surface area contributed by atoms with Crippen molar-refractivity contribution in [2.75, 3.05) is 19.8 Å². The molecule has 2 unspecified atom stereocenters. The van der Waals surface area contributed by atoms with Crippen molar-refractivity contribution in [1.29, 1.82) is 0 Å². The van der Waals surface area contributed by atoms with E-state index in [9.17, 15) is 30.0 Å². The van der Waals surface area contributed by atoms with Gasteiger partial charge in [0.2, 0.25) is 0 Å². The van der Waals surface area contributed by atoms with Gasteiger partial charge in [-0.25, -0.2) is 0 Å². The molecule has 0 spiro atoms. The SMILES string of the molecule is CCCCCCCC/C=C/C/C=C/CCCCC(=O)O[C@@H](COC(=O)CC/C=C/CCCCCCCCCCCCC)CO[C@H]1O[C@@H](CO)[C@@H](O)C(O)C1O. The summed E-state index contributed by atoms with van der Waals surface area (Å²) in [5, 5.41) is 40.0. The Morgan fingerprint density at radius 2 is 1.05 bits per heavy atom. The van der Waals surface area contributed by atoms with Crippen LogP contribution in [0.15, 0.2) is 36.5 Å². The van der Waals surface area contributed by atoms with Gasteiger partial charge < -0.3 is 39.4 Å². The molecule has 0 aromatic carbocycles. The van der Waals surface area contributed by atoms with Crippen molar-refractivity contribution in [3.05, 3.63) is 36.5 Å². The van der Waals surface area contributed by atoms with Crippen LogP contribution in [-0.4, -0.2) is 89.0 Å². The number of rotatable bonds is 36. The monoisotopic (exact) mass is 781 g/mol. The van der Waals surface area contributed by atoms with Crippen molar-refractivity contribution >= 4 is 11.9 Å². The van der Waals surface area contributed by atoms with Crippen molar-refractivity contribution < 1.29 is 49.0 Å². The minimum atomic E-state index is -1.60. The van der Waals surface area contributed by atoms with Crippen molar-refractivity contribution in [2.45, 2.75) is 218 Å². The molecule has 1 heterocycles. The average molecular weight is 781 g/mol. The third kappa shape index (κ3) is 28.0. The molecule has 0 radical (unpaired) electrons. The summed E-state index contributed by atoms with van der Waals surface area (Å²) in [5.41, 5.74) is 0. The van der Waals surface area contributed by atoms with Gasteiger partial charge in [0, 0.05) is 12.8 Å². The summed E-state index contributed by atoms with van der Waals surface area (Å²) < 4.78 is 22.0. The van der Waals surface area contributed by atoms with Gasteiger partial charge in [0.25, 0.3) is 0 Å². The van der Waals surface area contributed by atoms with Crippen molar-refractivity contribution in [2.24, 2.45) is 0 Å². The highest BCUT2D eigenvalue weighted by Gasteiger charge is 2.44. The van der Waals surface area contributed by atoms with E-state index in [-0.39, 0.29) is 26.1 Å². The molecule has 0 bridgehead atoms. The van der Waals surface area contributed by atoms with Crippen LogP contribution < -0.4 is 0 Å². The number of carbonyl (C=O) groups excluding carboxylic acids is 2. The fourth-order valence-electron chi connectivity index (χ4n) is 6.47. The molecular formula is C45H80O10. The van der Waals surface area contributed by atoms with Crippen LogP contribution in [0.25, 0.3) is 0 Å². The van der Waals surface area contributed by atoms with Crippen molar-refractivity contribution in [1.82, 2.24) is 0 Å². The van der Waals surface area contributed by atoms with Crippen LogP contribution in [-0.2, 0) is 28.5 Å². The lowest BCUT2D eigenvalue weighted by molar-refractivity contribution is -0.305. The van der Waals surface area contributed by atoms with Gasteiger partial charge in [-0.1, -0.05) is 147 Å². The maximum atomic E-state index is 12.7. The lowest BCUT2D eigenvalue weighted by atomic mass is 9.99.